The van der Waals surface area contributed by atoms with E-state index < -0.39 is 0 Å². The molecule has 0 aliphatic carbocycles. The van der Waals surface area contributed by atoms with E-state index in [4.69, 9.17) is 16.3 Å². The Morgan fingerprint density at radius 1 is 1.08 bits per heavy atom. The van der Waals surface area contributed by atoms with E-state index in [1.165, 1.54) is 5.56 Å². The molecule has 0 aromatic heterocycles. The van der Waals surface area contributed by atoms with Crippen LogP contribution in [0.5, 0.6) is 0 Å². The van der Waals surface area contributed by atoms with Gasteiger partial charge < -0.3 is 15.0 Å². The Kier molecular flexibility index (Phi) is 5.86. The summed E-state index contributed by atoms with van der Waals surface area (Å²) in [4.78, 5) is 13.7. The number of amides is 1. The van der Waals surface area contributed by atoms with Gasteiger partial charge in [0.05, 0.1) is 12.6 Å². The molecule has 2 aromatic carbocycles. The highest BCUT2D eigenvalue weighted by molar-refractivity contribution is 6.30. The SMILES string of the molecule is O=C1COCCN1CCNC(c1ccccc1)c1ccc(Cl)cc1. The first-order valence-electron chi connectivity index (χ1n) is 8.13. The van der Waals surface area contributed by atoms with Crippen LogP contribution in [-0.2, 0) is 9.53 Å². The van der Waals surface area contributed by atoms with Gasteiger partial charge in [0.1, 0.15) is 6.61 Å². The number of carbonyl (C=O) groups is 1. The van der Waals surface area contributed by atoms with Crippen molar-refractivity contribution in [2.75, 3.05) is 32.8 Å². The predicted molar refractivity (Wildman–Crippen MR) is 95.1 cm³/mol. The van der Waals surface area contributed by atoms with E-state index in [0.717, 1.165) is 10.6 Å². The number of halogens is 1. The molecule has 0 spiro atoms. The van der Waals surface area contributed by atoms with Gasteiger partial charge >= 0.3 is 0 Å². The van der Waals surface area contributed by atoms with Crippen LogP contribution in [0, 0.1) is 0 Å². The molecule has 1 atom stereocenters. The van der Waals surface area contributed by atoms with E-state index in [1.807, 2.05) is 47.4 Å². The maximum atomic E-state index is 11.8. The van der Waals surface area contributed by atoms with Gasteiger partial charge in [0.2, 0.25) is 5.91 Å². The summed E-state index contributed by atoms with van der Waals surface area (Å²) >= 11 is 6.01. The summed E-state index contributed by atoms with van der Waals surface area (Å²) in [5.41, 5.74) is 2.34. The molecule has 1 unspecified atom stereocenters. The molecule has 3 rings (SSSR count). The van der Waals surface area contributed by atoms with Gasteiger partial charge in [-0.15, -0.1) is 0 Å². The number of benzene rings is 2. The minimum atomic E-state index is 0.0609. The fraction of sp³-hybridized carbons (Fsp3) is 0.316. The number of hydrogen-bond acceptors (Lipinski definition) is 3. The molecular weight excluding hydrogens is 324 g/mol. The summed E-state index contributed by atoms with van der Waals surface area (Å²) in [7, 11) is 0. The number of hydrogen-bond donors (Lipinski definition) is 1. The van der Waals surface area contributed by atoms with E-state index in [0.29, 0.717) is 26.2 Å². The molecule has 5 heteroatoms. The summed E-state index contributed by atoms with van der Waals surface area (Å²) in [5.74, 6) is 0.0609. The van der Waals surface area contributed by atoms with E-state index in [9.17, 15) is 4.79 Å². The van der Waals surface area contributed by atoms with Gasteiger partial charge in [0, 0.05) is 24.7 Å². The third-order valence-corrected chi connectivity index (χ3v) is 4.40. The van der Waals surface area contributed by atoms with Gasteiger partial charge in [-0.05, 0) is 23.3 Å². The number of morpholine rings is 1. The molecule has 0 radical (unpaired) electrons. The average Bonchev–Trinajstić information content (AvgIpc) is 2.62. The van der Waals surface area contributed by atoms with Crippen LogP contribution in [-0.4, -0.2) is 43.7 Å². The van der Waals surface area contributed by atoms with E-state index in [2.05, 4.69) is 17.4 Å². The fourth-order valence-corrected chi connectivity index (χ4v) is 2.99. The lowest BCUT2D eigenvalue weighted by atomic mass is 9.99. The number of nitrogens with one attached hydrogen (secondary N) is 1. The quantitative estimate of drug-likeness (QED) is 0.876. The number of ether oxygens (including phenoxy) is 1. The maximum absolute atomic E-state index is 11.8. The Hall–Kier alpha value is -1.88. The Morgan fingerprint density at radius 3 is 2.50 bits per heavy atom. The highest BCUT2D eigenvalue weighted by Gasteiger charge is 2.19. The zero-order valence-electron chi connectivity index (χ0n) is 13.5. The van der Waals surface area contributed by atoms with Crippen molar-refractivity contribution in [1.82, 2.24) is 10.2 Å². The van der Waals surface area contributed by atoms with Crippen molar-refractivity contribution < 1.29 is 9.53 Å². The van der Waals surface area contributed by atoms with Gasteiger partial charge in [0.15, 0.2) is 0 Å². The van der Waals surface area contributed by atoms with Crippen LogP contribution in [0.4, 0.5) is 0 Å². The number of rotatable bonds is 6. The monoisotopic (exact) mass is 344 g/mol. The molecule has 1 saturated heterocycles. The summed E-state index contributed by atoms with van der Waals surface area (Å²) in [6.07, 6.45) is 0. The van der Waals surface area contributed by atoms with Crippen molar-refractivity contribution in [2.24, 2.45) is 0 Å². The van der Waals surface area contributed by atoms with Crippen molar-refractivity contribution in [3.63, 3.8) is 0 Å². The minimum Gasteiger partial charge on any atom is -0.370 e. The lowest BCUT2D eigenvalue weighted by Gasteiger charge is -2.28. The molecule has 1 amide bonds. The first kappa shape index (κ1) is 17.0. The summed E-state index contributed by atoms with van der Waals surface area (Å²) in [5, 5.41) is 4.29. The second-order valence-electron chi connectivity index (χ2n) is 5.78. The lowest BCUT2D eigenvalue weighted by molar-refractivity contribution is -0.142. The lowest BCUT2D eigenvalue weighted by Crippen LogP contribution is -2.45. The molecule has 1 aliphatic rings. The van der Waals surface area contributed by atoms with Crippen LogP contribution in [0.3, 0.4) is 0 Å². The molecule has 24 heavy (non-hydrogen) atoms. The van der Waals surface area contributed by atoms with Crippen molar-refractivity contribution >= 4 is 17.5 Å². The summed E-state index contributed by atoms with van der Waals surface area (Å²) in [6, 6.07) is 18.2. The third kappa shape index (κ3) is 4.35. The molecular formula is C19H21ClN2O2. The first-order valence-corrected chi connectivity index (χ1v) is 8.51. The first-order chi connectivity index (χ1) is 11.7. The molecule has 1 N–H and O–H groups in total. The van der Waals surface area contributed by atoms with Crippen LogP contribution >= 0.6 is 11.6 Å². The summed E-state index contributed by atoms with van der Waals surface area (Å²) < 4.78 is 5.17. The largest absolute Gasteiger partial charge is 0.370 e. The Morgan fingerprint density at radius 2 is 1.79 bits per heavy atom. The third-order valence-electron chi connectivity index (χ3n) is 4.15. The zero-order chi connectivity index (χ0) is 16.8. The van der Waals surface area contributed by atoms with Crippen LogP contribution in [0.1, 0.15) is 17.2 Å². The normalized spacial score (nSPS) is 16.2. The topological polar surface area (TPSA) is 41.6 Å². The Balaban J connectivity index is 1.68. The smallest absolute Gasteiger partial charge is 0.248 e. The molecule has 126 valence electrons. The van der Waals surface area contributed by atoms with Crippen molar-refractivity contribution in [3.8, 4) is 0 Å². The van der Waals surface area contributed by atoms with Gasteiger partial charge in [-0.25, -0.2) is 0 Å². The van der Waals surface area contributed by atoms with E-state index >= 15 is 0 Å². The molecule has 2 aromatic rings. The average molecular weight is 345 g/mol. The van der Waals surface area contributed by atoms with E-state index in [-0.39, 0.29) is 18.6 Å². The standard InChI is InChI=1S/C19H21ClN2O2/c20-17-8-6-16(7-9-17)19(15-4-2-1-3-5-15)21-10-11-22-12-13-24-14-18(22)23/h1-9,19,21H,10-14H2. The highest BCUT2D eigenvalue weighted by Crippen LogP contribution is 2.23. The van der Waals surface area contributed by atoms with Gasteiger partial charge in [-0.3, -0.25) is 4.79 Å². The molecule has 1 fully saturated rings. The molecule has 0 saturated carbocycles. The zero-order valence-corrected chi connectivity index (χ0v) is 14.2. The summed E-state index contributed by atoms with van der Waals surface area (Å²) in [6.45, 7) is 2.87. The van der Waals surface area contributed by atoms with Crippen molar-refractivity contribution in [1.29, 1.82) is 0 Å². The van der Waals surface area contributed by atoms with E-state index in [1.54, 1.807) is 0 Å². The van der Waals surface area contributed by atoms with Crippen LogP contribution in [0.2, 0.25) is 5.02 Å². The highest BCUT2D eigenvalue weighted by atomic mass is 35.5. The predicted octanol–water partition coefficient (Wildman–Crippen LogP) is 2.88. The Labute approximate surface area is 147 Å². The second-order valence-corrected chi connectivity index (χ2v) is 6.22. The second kappa shape index (κ2) is 8.29. The molecule has 1 heterocycles. The van der Waals surface area contributed by atoms with Crippen LogP contribution in [0.15, 0.2) is 54.6 Å². The number of carbonyl (C=O) groups excluding carboxylic acids is 1. The van der Waals surface area contributed by atoms with Gasteiger partial charge in [-0.2, -0.15) is 0 Å². The fourth-order valence-electron chi connectivity index (χ4n) is 2.86. The Bertz CT molecular complexity index is 661. The number of nitrogens with zero attached hydrogens (tertiary/aromatic N) is 1. The minimum absolute atomic E-state index is 0.0609. The maximum Gasteiger partial charge on any atom is 0.248 e. The van der Waals surface area contributed by atoms with Gasteiger partial charge in [0.25, 0.3) is 0 Å². The molecule has 0 bridgehead atoms. The van der Waals surface area contributed by atoms with Gasteiger partial charge in [-0.1, -0.05) is 54.1 Å². The van der Waals surface area contributed by atoms with Crippen LogP contribution < -0.4 is 5.32 Å². The molecule has 1 aliphatic heterocycles. The van der Waals surface area contributed by atoms with Crippen molar-refractivity contribution in [2.45, 2.75) is 6.04 Å². The van der Waals surface area contributed by atoms with Crippen molar-refractivity contribution in [3.05, 3.63) is 70.7 Å². The molecule has 4 nitrogen and oxygen atoms in total. The van der Waals surface area contributed by atoms with Crippen LogP contribution in [0.25, 0.3) is 0 Å².